The Labute approximate surface area is 170 Å². The number of aliphatic hydroxyl groups is 1. The van der Waals surface area contributed by atoms with Crippen LogP contribution in [0.4, 0.5) is 5.82 Å². The molecule has 7 heteroatoms. The van der Waals surface area contributed by atoms with E-state index in [2.05, 4.69) is 9.98 Å². The molecule has 2 heterocycles. The number of carbonyl (C=O) groups excluding carboxylic acids is 1. The van der Waals surface area contributed by atoms with Gasteiger partial charge in [-0.25, -0.2) is 4.99 Å². The first kappa shape index (κ1) is 20.4. The van der Waals surface area contributed by atoms with E-state index in [1.165, 1.54) is 0 Å². The highest BCUT2D eigenvalue weighted by Gasteiger charge is 2.30. The average Bonchev–Trinajstić information content (AvgIpc) is 2.95. The van der Waals surface area contributed by atoms with Gasteiger partial charge in [0.05, 0.1) is 17.3 Å². The third-order valence-corrected chi connectivity index (χ3v) is 5.03. The second-order valence-electron chi connectivity index (χ2n) is 8.05. The number of hydrogen-bond acceptors (Lipinski definition) is 5. The van der Waals surface area contributed by atoms with Crippen LogP contribution in [0.15, 0.2) is 29.3 Å². The van der Waals surface area contributed by atoms with Gasteiger partial charge in [0.2, 0.25) is 0 Å². The van der Waals surface area contributed by atoms with E-state index in [1.54, 1.807) is 11.2 Å². The van der Waals surface area contributed by atoms with Gasteiger partial charge >= 0.3 is 5.97 Å². The largest absolute Gasteiger partial charge is 0.460 e. The Kier molecular flexibility index (Phi) is 5.82. The second-order valence-corrected chi connectivity index (χ2v) is 8.49. The lowest BCUT2D eigenvalue weighted by atomic mass is 9.97. The van der Waals surface area contributed by atoms with Crippen molar-refractivity contribution in [2.75, 3.05) is 6.54 Å². The standard InChI is InChI=1S/C21H26ClN3O3/c1-13-16(11-28-20(27)21(2,3)4)17-18(24-13)23-12-25(19(17)26)10-9-14-5-7-15(22)8-6-14/h5-8,12,19,24,26H,9-11H2,1-4H3. The maximum Gasteiger partial charge on any atom is 0.311 e. The van der Waals surface area contributed by atoms with Crippen LogP contribution in [0, 0.1) is 12.3 Å². The normalized spacial score (nSPS) is 16.2. The van der Waals surface area contributed by atoms with Crippen LogP contribution in [-0.2, 0) is 22.6 Å². The van der Waals surface area contributed by atoms with Crippen LogP contribution in [0.2, 0.25) is 5.02 Å². The summed E-state index contributed by atoms with van der Waals surface area (Å²) in [7, 11) is 0. The van der Waals surface area contributed by atoms with Crippen LogP contribution in [0.3, 0.4) is 0 Å². The van der Waals surface area contributed by atoms with E-state index in [0.29, 0.717) is 22.9 Å². The molecule has 1 aliphatic rings. The van der Waals surface area contributed by atoms with E-state index in [-0.39, 0.29) is 12.6 Å². The van der Waals surface area contributed by atoms with Crippen molar-refractivity contribution in [1.29, 1.82) is 0 Å². The smallest absolute Gasteiger partial charge is 0.311 e. The Morgan fingerprint density at radius 1 is 1.32 bits per heavy atom. The number of rotatable bonds is 5. The predicted octanol–water partition coefficient (Wildman–Crippen LogP) is 4.27. The highest BCUT2D eigenvalue weighted by atomic mass is 35.5. The third kappa shape index (κ3) is 4.39. The van der Waals surface area contributed by atoms with E-state index in [9.17, 15) is 9.90 Å². The number of fused-ring (bicyclic) bond motifs is 1. The molecule has 0 spiro atoms. The first-order chi connectivity index (χ1) is 13.2. The van der Waals surface area contributed by atoms with Crippen molar-refractivity contribution < 1.29 is 14.6 Å². The molecule has 3 rings (SSSR count). The van der Waals surface area contributed by atoms with Crippen molar-refractivity contribution in [3.8, 4) is 0 Å². The lowest BCUT2D eigenvalue weighted by Gasteiger charge is -2.29. The fourth-order valence-electron chi connectivity index (χ4n) is 3.04. The number of aryl methyl sites for hydroxylation is 1. The molecule has 0 aliphatic carbocycles. The number of esters is 1. The molecule has 1 unspecified atom stereocenters. The minimum atomic E-state index is -0.854. The molecule has 28 heavy (non-hydrogen) atoms. The molecule has 2 aromatic rings. The van der Waals surface area contributed by atoms with Crippen molar-refractivity contribution in [2.24, 2.45) is 10.4 Å². The van der Waals surface area contributed by atoms with Gasteiger partial charge in [0.15, 0.2) is 6.23 Å². The molecule has 1 atom stereocenters. The summed E-state index contributed by atoms with van der Waals surface area (Å²) in [5.41, 5.74) is 2.82. The first-order valence-electron chi connectivity index (χ1n) is 9.28. The van der Waals surface area contributed by atoms with Crippen LogP contribution in [-0.4, -0.2) is 33.8 Å². The van der Waals surface area contributed by atoms with Crippen LogP contribution >= 0.6 is 11.6 Å². The minimum Gasteiger partial charge on any atom is -0.460 e. The maximum absolute atomic E-state index is 12.1. The summed E-state index contributed by atoms with van der Waals surface area (Å²) in [5, 5.41) is 11.6. The fourth-order valence-corrected chi connectivity index (χ4v) is 3.16. The zero-order chi connectivity index (χ0) is 20.5. The topological polar surface area (TPSA) is 77.9 Å². The van der Waals surface area contributed by atoms with E-state index in [1.807, 2.05) is 52.0 Å². The van der Waals surface area contributed by atoms with Gasteiger partial charge in [-0.05, 0) is 51.8 Å². The van der Waals surface area contributed by atoms with Crippen LogP contribution in [0.5, 0.6) is 0 Å². The lowest BCUT2D eigenvalue weighted by molar-refractivity contribution is -0.154. The van der Waals surface area contributed by atoms with Crippen LogP contribution in [0.1, 0.15) is 49.4 Å². The number of H-pyrrole nitrogens is 1. The Hall–Kier alpha value is -2.31. The van der Waals surface area contributed by atoms with Crippen molar-refractivity contribution in [3.63, 3.8) is 0 Å². The van der Waals surface area contributed by atoms with Crippen molar-refractivity contribution in [1.82, 2.24) is 9.88 Å². The number of nitrogens with zero attached hydrogens (tertiary/aromatic N) is 2. The summed E-state index contributed by atoms with van der Waals surface area (Å²) in [4.78, 5) is 21.5. The Balaban J connectivity index is 1.72. The van der Waals surface area contributed by atoms with Gasteiger partial charge in [0.1, 0.15) is 12.4 Å². The van der Waals surface area contributed by atoms with Crippen LogP contribution in [0.25, 0.3) is 0 Å². The van der Waals surface area contributed by atoms with E-state index < -0.39 is 11.6 Å². The Morgan fingerprint density at radius 2 is 2.00 bits per heavy atom. The molecular weight excluding hydrogens is 378 g/mol. The molecule has 0 bridgehead atoms. The maximum atomic E-state index is 12.1. The van der Waals surface area contributed by atoms with Gasteiger partial charge in [-0.2, -0.15) is 0 Å². The first-order valence-corrected chi connectivity index (χ1v) is 9.65. The van der Waals surface area contributed by atoms with Crippen molar-refractivity contribution in [2.45, 2.75) is 47.0 Å². The van der Waals surface area contributed by atoms with Crippen LogP contribution < -0.4 is 0 Å². The predicted molar refractivity (Wildman–Crippen MR) is 110 cm³/mol. The SMILES string of the molecule is Cc1[nH]c2c(c1COC(=O)C(C)(C)C)C(O)N(CCc1ccc(Cl)cc1)C=N2. The fraction of sp³-hybridized carbons (Fsp3) is 0.429. The molecule has 0 saturated carbocycles. The summed E-state index contributed by atoms with van der Waals surface area (Å²) in [6.45, 7) is 8.02. The number of ether oxygens (including phenoxy) is 1. The molecule has 6 nitrogen and oxygen atoms in total. The molecule has 1 aromatic carbocycles. The summed E-state index contributed by atoms with van der Waals surface area (Å²) in [5.74, 6) is 0.324. The number of aliphatic hydroxyl groups excluding tert-OH is 1. The van der Waals surface area contributed by atoms with Gasteiger partial charge in [-0.3, -0.25) is 4.79 Å². The number of halogens is 1. The van der Waals surface area contributed by atoms with Gasteiger partial charge < -0.3 is 19.7 Å². The number of hydrogen-bond donors (Lipinski definition) is 2. The Morgan fingerprint density at radius 3 is 2.64 bits per heavy atom. The van der Waals surface area contributed by atoms with Gasteiger partial charge in [-0.1, -0.05) is 23.7 Å². The van der Waals surface area contributed by atoms with E-state index in [0.717, 1.165) is 23.2 Å². The molecular formula is C21H26ClN3O3. The summed E-state index contributed by atoms with van der Waals surface area (Å²) >= 11 is 5.93. The highest BCUT2D eigenvalue weighted by Crippen LogP contribution is 2.36. The zero-order valence-electron chi connectivity index (χ0n) is 16.6. The molecule has 150 valence electrons. The number of aliphatic imine (C=N–C) groups is 1. The summed E-state index contributed by atoms with van der Waals surface area (Å²) < 4.78 is 5.47. The third-order valence-electron chi connectivity index (χ3n) is 4.78. The average molecular weight is 404 g/mol. The van der Waals surface area contributed by atoms with E-state index in [4.69, 9.17) is 16.3 Å². The van der Waals surface area contributed by atoms with E-state index >= 15 is 0 Å². The molecule has 0 radical (unpaired) electrons. The monoisotopic (exact) mass is 403 g/mol. The summed E-state index contributed by atoms with van der Waals surface area (Å²) in [6.07, 6.45) is 1.53. The van der Waals surface area contributed by atoms with Gasteiger partial charge in [0.25, 0.3) is 0 Å². The molecule has 1 aliphatic heterocycles. The number of carbonyl (C=O) groups is 1. The molecule has 0 fully saturated rings. The molecule has 2 N–H and O–H groups in total. The highest BCUT2D eigenvalue weighted by molar-refractivity contribution is 6.30. The zero-order valence-corrected chi connectivity index (χ0v) is 17.4. The lowest BCUT2D eigenvalue weighted by Crippen LogP contribution is -2.32. The van der Waals surface area contributed by atoms with Gasteiger partial charge in [-0.15, -0.1) is 0 Å². The minimum absolute atomic E-state index is 0.103. The summed E-state index contributed by atoms with van der Waals surface area (Å²) in [6, 6.07) is 7.65. The number of benzene rings is 1. The second kappa shape index (κ2) is 7.97. The van der Waals surface area contributed by atoms with Gasteiger partial charge in [0, 0.05) is 22.8 Å². The van der Waals surface area contributed by atoms with Crippen molar-refractivity contribution in [3.05, 3.63) is 51.7 Å². The Bertz CT molecular complexity index is 882. The molecule has 0 saturated heterocycles. The number of aromatic amines is 1. The number of nitrogens with one attached hydrogen (secondary N) is 1. The quantitative estimate of drug-likeness (QED) is 0.730. The number of aromatic nitrogens is 1. The molecule has 1 aromatic heterocycles. The van der Waals surface area contributed by atoms with Crippen molar-refractivity contribution >= 4 is 29.7 Å². The molecule has 0 amide bonds.